The summed E-state index contributed by atoms with van der Waals surface area (Å²) in [7, 11) is 0. The maximum atomic E-state index is 13.3. The van der Waals surface area contributed by atoms with Crippen molar-refractivity contribution in [3.8, 4) is 11.5 Å². The Balaban J connectivity index is 1.49. The number of carbonyl (C=O) groups is 1. The fourth-order valence-electron chi connectivity index (χ4n) is 4.25. The summed E-state index contributed by atoms with van der Waals surface area (Å²) in [4.78, 5) is 29.5. The maximum absolute atomic E-state index is 13.3. The highest BCUT2D eigenvalue weighted by Gasteiger charge is 2.24. The number of amides is 1. The molecule has 2 atom stereocenters. The number of para-hydroxylation sites is 1. The molecule has 0 saturated carbocycles. The number of carbonyl (C=O) groups excluding carboxylic acids is 1. The minimum absolute atomic E-state index is 0.145. The number of hydrogen-bond acceptors (Lipinski definition) is 5. The second-order valence-electron chi connectivity index (χ2n) is 8.04. The number of aromatic nitrogens is 3. The number of hydrogen-bond donors (Lipinski definition) is 1. The SMILES string of the molecule is Cc1cc(=O)nc2c3ccccc3n([C@@H](C)C(=O)N[C@@H](C)c3ccc4c(c3)OCCO4)n12. The molecule has 2 aromatic carbocycles. The van der Waals surface area contributed by atoms with Crippen LogP contribution in [0.25, 0.3) is 16.6 Å². The molecule has 3 heterocycles. The van der Waals surface area contributed by atoms with E-state index < -0.39 is 6.04 Å². The maximum Gasteiger partial charge on any atom is 0.273 e. The predicted molar refractivity (Wildman–Crippen MR) is 120 cm³/mol. The van der Waals surface area contributed by atoms with E-state index >= 15 is 0 Å². The van der Waals surface area contributed by atoms with Crippen molar-refractivity contribution in [1.82, 2.24) is 19.5 Å². The zero-order valence-electron chi connectivity index (χ0n) is 18.2. The summed E-state index contributed by atoms with van der Waals surface area (Å²) in [6.07, 6.45) is 0. The molecule has 1 amide bonds. The monoisotopic (exact) mass is 432 g/mol. The lowest BCUT2D eigenvalue weighted by molar-refractivity contribution is -0.124. The largest absolute Gasteiger partial charge is 0.486 e. The van der Waals surface area contributed by atoms with Gasteiger partial charge in [0.25, 0.3) is 5.56 Å². The lowest BCUT2D eigenvalue weighted by Crippen LogP contribution is -2.34. The first-order valence-corrected chi connectivity index (χ1v) is 10.6. The molecule has 0 fully saturated rings. The Morgan fingerprint density at radius 2 is 1.81 bits per heavy atom. The fraction of sp³-hybridized carbons (Fsp3) is 0.292. The van der Waals surface area contributed by atoms with Gasteiger partial charge in [-0.3, -0.25) is 14.3 Å². The number of benzene rings is 2. The van der Waals surface area contributed by atoms with E-state index in [1.807, 2.05) is 72.4 Å². The van der Waals surface area contributed by atoms with Crippen LogP contribution in [0.3, 0.4) is 0 Å². The molecule has 0 saturated heterocycles. The molecule has 0 unspecified atom stereocenters. The van der Waals surface area contributed by atoms with Crippen molar-refractivity contribution in [2.24, 2.45) is 0 Å². The molecule has 164 valence electrons. The summed E-state index contributed by atoms with van der Waals surface area (Å²) in [5.41, 5.74) is 2.73. The van der Waals surface area contributed by atoms with Gasteiger partial charge in [-0.1, -0.05) is 18.2 Å². The first-order chi connectivity index (χ1) is 15.4. The third-order valence-corrected chi connectivity index (χ3v) is 5.86. The molecule has 8 nitrogen and oxygen atoms in total. The van der Waals surface area contributed by atoms with Crippen LogP contribution in [0.15, 0.2) is 53.3 Å². The molecule has 5 rings (SSSR count). The standard InChI is InChI=1S/C24H24N4O4/c1-14-12-22(29)26-23-18-6-4-5-7-19(18)28(27(14)23)16(3)24(30)25-15(2)17-8-9-20-21(13-17)32-11-10-31-20/h4-9,12-13,15-16H,10-11H2,1-3H3,(H,25,30)/t15-,16-/m0/s1. The van der Waals surface area contributed by atoms with Crippen molar-refractivity contribution in [2.75, 3.05) is 13.2 Å². The minimum Gasteiger partial charge on any atom is -0.486 e. The van der Waals surface area contributed by atoms with Crippen molar-refractivity contribution in [2.45, 2.75) is 32.9 Å². The summed E-state index contributed by atoms with van der Waals surface area (Å²) in [5.74, 6) is 1.26. The quantitative estimate of drug-likeness (QED) is 0.535. The van der Waals surface area contributed by atoms with Gasteiger partial charge >= 0.3 is 0 Å². The zero-order valence-corrected chi connectivity index (χ0v) is 18.2. The van der Waals surface area contributed by atoms with Gasteiger partial charge in [-0.2, -0.15) is 4.98 Å². The van der Waals surface area contributed by atoms with Crippen molar-refractivity contribution < 1.29 is 14.3 Å². The molecule has 1 aliphatic rings. The van der Waals surface area contributed by atoms with E-state index in [9.17, 15) is 9.59 Å². The normalized spacial score (nSPS) is 15.0. The van der Waals surface area contributed by atoms with Crippen LogP contribution in [0, 0.1) is 6.92 Å². The highest BCUT2D eigenvalue weighted by Crippen LogP contribution is 2.33. The lowest BCUT2D eigenvalue weighted by atomic mass is 10.1. The van der Waals surface area contributed by atoms with Gasteiger partial charge in [-0.05, 0) is 50.6 Å². The molecule has 0 radical (unpaired) electrons. The minimum atomic E-state index is -0.542. The van der Waals surface area contributed by atoms with Crippen molar-refractivity contribution in [1.29, 1.82) is 0 Å². The number of ether oxygens (including phenoxy) is 2. The Kier molecular flexibility index (Phi) is 4.84. The first kappa shape index (κ1) is 20.1. The van der Waals surface area contributed by atoms with Crippen LogP contribution < -0.4 is 20.3 Å². The van der Waals surface area contributed by atoms with E-state index in [0.717, 1.165) is 22.2 Å². The number of fused-ring (bicyclic) bond motifs is 4. The highest BCUT2D eigenvalue weighted by atomic mass is 16.6. The van der Waals surface area contributed by atoms with E-state index in [2.05, 4.69) is 10.3 Å². The third-order valence-electron chi connectivity index (χ3n) is 5.86. The average Bonchev–Trinajstić information content (AvgIpc) is 3.12. The molecule has 0 aliphatic carbocycles. The molecule has 2 aromatic heterocycles. The van der Waals surface area contributed by atoms with Crippen molar-refractivity contribution in [3.05, 3.63) is 70.1 Å². The van der Waals surface area contributed by atoms with E-state index in [4.69, 9.17) is 9.47 Å². The number of aryl methyl sites for hydroxylation is 1. The van der Waals surface area contributed by atoms with Gasteiger partial charge in [0.1, 0.15) is 19.3 Å². The Morgan fingerprint density at radius 3 is 2.62 bits per heavy atom. The Labute approximate surface area is 184 Å². The second kappa shape index (κ2) is 7.71. The summed E-state index contributed by atoms with van der Waals surface area (Å²) in [6, 6.07) is 14.1. The molecule has 32 heavy (non-hydrogen) atoms. The third kappa shape index (κ3) is 3.28. The van der Waals surface area contributed by atoms with Crippen LogP contribution in [0.4, 0.5) is 0 Å². The molecular formula is C24H24N4O4. The average molecular weight is 432 g/mol. The predicted octanol–water partition coefficient (Wildman–Crippen LogP) is 3.17. The number of rotatable bonds is 4. The van der Waals surface area contributed by atoms with Gasteiger partial charge in [0.05, 0.1) is 11.6 Å². The van der Waals surface area contributed by atoms with Crippen LogP contribution in [-0.2, 0) is 4.79 Å². The van der Waals surface area contributed by atoms with Crippen LogP contribution in [0.5, 0.6) is 11.5 Å². The van der Waals surface area contributed by atoms with E-state index in [0.29, 0.717) is 30.4 Å². The smallest absolute Gasteiger partial charge is 0.273 e. The van der Waals surface area contributed by atoms with Gasteiger partial charge in [-0.25, -0.2) is 4.52 Å². The molecule has 0 bridgehead atoms. The van der Waals surface area contributed by atoms with Crippen LogP contribution in [-0.4, -0.2) is 33.3 Å². The van der Waals surface area contributed by atoms with Crippen LogP contribution in [0.2, 0.25) is 0 Å². The summed E-state index contributed by atoms with van der Waals surface area (Å²) < 4.78 is 15.0. The molecule has 8 heteroatoms. The van der Waals surface area contributed by atoms with Crippen molar-refractivity contribution in [3.63, 3.8) is 0 Å². The van der Waals surface area contributed by atoms with Crippen molar-refractivity contribution >= 4 is 22.5 Å². The van der Waals surface area contributed by atoms with Gasteiger partial charge in [0, 0.05) is 17.1 Å². The molecule has 1 N–H and O–H groups in total. The highest BCUT2D eigenvalue weighted by molar-refractivity contribution is 5.94. The van der Waals surface area contributed by atoms with E-state index in [1.54, 1.807) is 0 Å². The zero-order chi connectivity index (χ0) is 22.4. The summed E-state index contributed by atoms with van der Waals surface area (Å²) in [5, 5.41) is 3.93. The summed E-state index contributed by atoms with van der Waals surface area (Å²) in [6.45, 7) is 6.67. The van der Waals surface area contributed by atoms with Crippen LogP contribution in [0.1, 0.15) is 37.2 Å². The van der Waals surface area contributed by atoms with E-state index in [-0.39, 0.29) is 17.5 Å². The van der Waals surface area contributed by atoms with Gasteiger partial charge in [-0.15, -0.1) is 0 Å². The first-order valence-electron chi connectivity index (χ1n) is 10.6. The van der Waals surface area contributed by atoms with Crippen LogP contribution >= 0.6 is 0 Å². The second-order valence-corrected chi connectivity index (χ2v) is 8.04. The van der Waals surface area contributed by atoms with Gasteiger partial charge in [0.15, 0.2) is 17.1 Å². The number of nitrogens with zero attached hydrogens (tertiary/aromatic N) is 3. The Hall–Kier alpha value is -3.81. The number of nitrogens with one attached hydrogen (secondary N) is 1. The Morgan fingerprint density at radius 1 is 1.06 bits per heavy atom. The van der Waals surface area contributed by atoms with Gasteiger partial charge < -0.3 is 14.8 Å². The van der Waals surface area contributed by atoms with E-state index in [1.165, 1.54) is 6.07 Å². The molecule has 0 spiro atoms. The summed E-state index contributed by atoms with van der Waals surface area (Å²) >= 11 is 0. The molecule has 4 aromatic rings. The topological polar surface area (TPSA) is 86.9 Å². The van der Waals surface area contributed by atoms with Gasteiger partial charge in [0.2, 0.25) is 5.91 Å². The Bertz CT molecular complexity index is 1400. The lowest BCUT2D eigenvalue weighted by Gasteiger charge is -2.23. The molecule has 1 aliphatic heterocycles. The fourth-order valence-corrected chi connectivity index (χ4v) is 4.25. The molecular weight excluding hydrogens is 408 g/mol.